The van der Waals surface area contributed by atoms with Crippen LogP contribution < -0.4 is 10.6 Å². The van der Waals surface area contributed by atoms with Gasteiger partial charge in [0.05, 0.1) is 12.1 Å². The Kier molecular flexibility index (Phi) is 4.95. The number of hydrogen-bond donors (Lipinski definition) is 3. The zero-order valence-electron chi connectivity index (χ0n) is 14.8. The maximum Gasteiger partial charge on any atom is 0.315 e. The molecule has 0 spiro atoms. The number of hydrogen-bond acceptors (Lipinski definition) is 3. The first-order chi connectivity index (χ1) is 12.2. The molecule has 2 amide bonds. The van der Waals surface area contributed by atoms with E-state index in [1.54, 1.807) is 0 Å². The molecule has 5 heteroatoms. The number of aliphatic hydroxyl groups is 1. The summed E-state index contributed by atoms with van der Waals surface area (Å²) in [6, 6.07) is 7.72. The fourth-order valence-corrected chi connectivity index (χ4v) is 4.79. The molecule has 2 aliphatic carbocycles. The molecule has 2 fully saturated rings. The van der Waals surface area contributed by atoms with Crippen molar-refractivity contribution in [2.75, 3.05) is 19.6 Å². The highest BCUT2D eigenvalue weighted by Crippen LogP contribution is 2.31. The van der Waals surface area contributed by atoms with Crippen molar-refractivity contribution in [1.82, 2.24) is 15.5 Å². The SMILES string of the molecule is O=C(NC1CCN(CC2CCCC2)C1)NC1c2ccccc2CC1O. The molecule has 5 nitrogen and oxygen atoms in total. The number of aliphatic hydroxyl groups excluding tert-OH is 1. The third-order valence-corrected chi connectivity index (χ3v) is 6.09. The molecule has 0 bridgehead atoms. The Morgan fingerprint density at radius 1 is 1.16 bits per heavy atom. The number of fused-ring (bicyclic) bond motifs is 1. The van der Waals surface area contributed by atoms with Crippen LogP contribution in [0.1, 0.15) is 49.3 Å². The van der Waals surface area contributed by atoms with Gasteiger partial charge in [0.1, 0.15) is 0 Å². The summed E-state index contributed by atoms with van der Waals surface area (Å²) in [7, 11) is 0. The van der Waals surface area contributed by atoms with Gasteiger partial charge in [0.25, 0.3) is 0 Å². The number of carbonyl (C=O) groups is 1. The Labute approximate surface area is 149 Å². The van der Waals surface area contributed by atoms with E-state index in [0.29, 0.717) is 6.42 Å². The van der Waals surface area contributed by atoms with Gasteiger partial charge in [-0.2, -0.15) is 0 Å². The number of amides is 2. The molecular weight excluding hydrogens is 314 g/mol. The van der Waals surface area contributed by atoms with E-state index in [4.69, 9.17) is 0 Å². The zero-order valence-corrected chi connectivity index (χ0v) is 14.8. The van der Waals surface area contributed by atoms with Crippen molar-refractivity contribution in [3.8, 4) is 0 Å². The lowest BCUT2D eigenvalue weighted by Crippen LogP contribution is -2.46. The van der Waals surface area contributed by atoms with Gasteiger partial charge in [-0.05, 0) is 36.3 Å². The fraction of sp³-hybridized carbons (Fsp3) is 0.650. The van der Waals surface area contributed by atoms with Gasteiger partial charge in [-0.1, -0.05) is 37.1 Å². The van der Waals surface area contributed by atoms with Gasteiger partial charge in [0.2, 0.25) is 0 Å². The third kappa shape index (κ3) is 3.82. The van der Waals surface area contributed by atoms with E-state index in [9.17, 15) is 9.90 Å². The van der Waals surface area contributed by atoms with E-state index in [2.05, 4.69) is 15.5 Å². The van der Waals surface area contributed by atoms with Crippen molar-refractivity contribution in [2.45, 2.75) is 56.7 Å². The monoisotopic (exact) mass is 343 g/mol. The smallest absolute Gasteiger partial charge is 0.315 e. The average Bonchev–Trinajstić information content (AvgIpc) is 3.31. The first-order valence-corrected chi connectivity index (χ1v) is 9.74. The number of rotatable bonds is 4. The van der Waals surface area contributed by atoms with Crippen LogP contribution >= 0.6 is 0 Å². The molecule has 1 aromatic carbocycles. The van der Waals surface area contributed by atoms with Crippen LogP contribution in [0.25, 0.3) is 0 Å². The van der Waals surface area contributed by atoms with Crippen LogP contribution in [0.15, 0.2) is 24.3 Å². The van der Waals surface area contributed by atoms with Crippen LogP contribution in [-0.2, 0) is 6.42 Å². The molecule has 4 rings (SSSR count). The van der Waals surface area contributed by atoms with E-state index in [-0.39, 0.29) is 18.1 Å². The summed E-state index contributed by atoms with van der Waals surface area (Å²) in [5.74, 6) is 0.859. The summed E-state index contributed by atoms with van der Waals surface area (Å²) in [6.07, 6.45) is 6.60. The highest BCUT2D eigenvalue weighted by atomic mass is 16.3. The topological polar surface area (TPSA) is 64.6 Å². The number of nitrogens with one attached hydrogen (secondary N) is 2. The van der Waals surface area contributed by atoms with E-state index in [1.807, 2.05) is 24.3 Å². The van der Waals surface area contributed by atoms with E-state index >= 15 is 0 Å². The molecule has 1 saturated carbocycles. The Hall–Kier alpha value is -1.59. The number of carbonyl (C=O) groups excluding carboxylic acids is 1. The summed E-state index contributed by atoms with van der Waals surface area (Å²) in [5, 5.41) is 16.4. The quantitative estimate of drug-likeness (QED) is 0.785. The maximum absolute atomic E-state index is 12.4. The number of urea groups is 1. The molecule has 1 aromatic rings. The highest BCUT2D eigenvalue weighted by Gasteiger charge is 2.33. The summed E-state index contributed by atoms with van der Waals surface area (Å²) >= 11 is 0. The number of likely N-dealkylation sites (tertiary alicyclic amines) is 1. The molecule has 1 aliphatic heterocycles. The van der Waals surface area contributed by atoms with Crippen LogP contribution in [0.3, 0.4) is 0 Å². The van der Waals surface area contributed by atoms with Gasteiger partial charge in [0, 0.05) is 32.1 Å². The van der Waals surface area contributed by atoms with Crippen molar-refractivity contribution >= 4 is 6.03 Å². The minimum absolute atomic E-state index is 0.159. The van der Waals surface area contributed by atoms with E-state index in [1.165, 1.54) is 32.2 Å². The van der Waals surface area contributed by atoms with Crippen LogP contribution in [0.2, 0.25) is 0 Å². The van der Waals surface area contributed by atoms with Gasteiger partial charge in [-0.25, -0.2) is 4.79 Å². The van der Waals surface area contributed by atoms with E-state index in [0.717, 1.165) is 36.6 Å². The summed E-state index contributed by atoms with van der Waals surface area (Å²) in [5.41, 5.74) is 2.17. The van der Waals surface area contributed by atoms with Crippen molar-refractivity contribution < 1.29 is 9.90 Å². The van der Waals surface area contributed by atoms with Crippen molar-refractivity contribution in [1.29, 1.82) is 0 Å². The average molecular weight is 343 g/mol. The molecule has 0 aromatic heterocycles. The lowest BCUT2D eigenvalue weighted by molar-refractivity contribution is 0.142. The normalized spacial score (nSPS) is 29.7. The Morgan fingerprint density at radius 2 is 1.96 bits per heavy atom. The fourth-order valence-electron chi connectivity index (χ4n) is 4.79. The van der Waals surface area contributed by atoms with Gasteiger partial charge < -0.3 is 20.6 Å². The Bertz CT molecular complexity index is 615. The summed E-state index contributed by atoms with van der Waals surface area (Å²) in [6.45, 7) is 3.22. The van der Waals surface area contributed by atoms with Crippen LogP contribution in [-0.4, -0.2) is 47.8 Å². The molecule has 3 unspecified atom stereocenters. The first kappa shape index (κ1) is 16.9. The summed E-state index contributed by atoms with van der Waals surface area (Å²) < 4.78 is 0. The second kappa shape index (κ2) is 7.34. The van der Waals surface area contributed by atoms with Crippen LogP contribution in [0.5, 0.6) is 0 Å². The van der Waals surface area contributed by atoms with E-state index < -0.39 is 6.10 Å². The molecule has 0 radical (unpaired) electrons. The maximum atomic E-state index is 12.4. The molecule has 136 valence electrons. The molecule has 3 atom stereocenters. The van der Waals surface area contributed by atoms with Crippen molar-refractivity contribution in [3.63, 3.8) is 0 Å². The van der Waals surface area contributed by atoms with Crippen molar-refractivity contribution in [2.24, 2.45) is 5.92 Å². The van der Waals surface area contributed by atoms with Gasteiger partial charge >= 0.3 is 6.03 Å². The Balaban J connectivity index is 1.27. The first-order valence-electron chi connectivity index (χ1n) is 9.74. The zero-order chi connectivity index (χ0) is 17.2. The molecule has 1 saturated heterocycles. The van der Waals surface area contributed by atoms with Crippen LogP contribution in [0, 0.1) is 5.92 Å². The molecular formula is C20H29N3O2. The molecule has 3 aliphatic rings. The number of nitrogens with zero attached hydrogens (tertiary/aromatic N) is 1. The summed E-state index contributed by atoms with van der Waals surface area (Å²) in [4.78, 5) is 14.9. The molecule has 1 heterocycles. The predicted molar refractivity (Wildman–Crippen MR) is 97.4 cm³/mol. The van der Waals surface area contributed by atoms with Crippen LogP contribution in [0.4, 0.5) is 4.79 Å². The van der Waals surface area contributed by atoms with Gasteiger partial charge in [0.15, 0.2) is 0 Å². The van der Waals surface area contributed by atoms with Gasteiger partial charge in [-0.3, -0.25) is 0 Å². The predicted octanol–water partition coefficient (Wildman–Crippen LogP) is 2.21. The van der Waals surface area contributed by atoms with Gasteiger partial charge in [-0.15, -0.1) is 0 Å². The lowest BCUT2D eigenvalue weighted by Gasteiger charge is -2.22. The third-order valence-electron chi connectivity index (χ3n) is 6.09. The standard InChI is InChI=1S/C20H29N3O2/c24-18-11-15-7-3-4-8-17(15)19(18)22-20(25)21-16-9-10-23(13-16)12-14-5-1-2-6-14/h3-4,7-8,14,16,18-19,24H,1-2,5-6,9-13H2,(H2,21,22,25). The second-order valence-corrected chi connectivity index (χ2v) is 7.96. The highest BCUT2D eigenvalue weighted by molar-refractivity contribution is 5.75. The van der Waals surface area contributed by atoms with Crippen molar-refractivity contribution in [3.05, 3.63) is 35.4 Å². The minimum atomic E-state index is -0.536. The number of benzene rings is 1. The molecule has 3 N–H and O–H groups in total. The molecule has 25 heavy (non-hydrogen) atoms. The minimum Gasteiger partial charge on any atom is -0.390 e. The second-order valence-electron chi connectivity index (χ2n) is 7.96. The Morgan fingerprint density at radius 3 is 2.80 bits per heavy atom. The lowest BCUT2D eigenvalue weighted by atomic mass is 10.1. The largest absolute Gasteiger partial charge is 0.390 e.